The summed E-state index contributed by atoms with van der Waals surface area (Å²) in [6.45, 7) is 0. The predicted molar refractivity (Wildman–Crippen MR) is 39.6 cm³/mol. The first-order chi connectivity index (χ1) is 4.68. The molecule has 0 saturated heterocycles. The van der Waals surface area contributed by atoms with E-state index >= 15 is 0 Å². The van der Waals surface area contributed by atoms with Gasteiger partial charge in [-0.2, -0.15) is 4.98 Å². The van der Waals surface area contributed by atoms with Crippen molar-refractivity contribution in [3.8, 4) is 6.01 Å². The van der Waals surface area contributed by atoms with Crippen LogP contribution >= 0.6 is 23.1 Å². The highest BCUT2D eigenvalue weighted by molar-refractivity contribution is 7.79. The largest absolute Gasteiger partial charge is 0.361 e. The molecule has 1 atom stereocenters. The minimum atomic E-state index is -1.38. The first kappa shape index (κ1) is 7.90. The van der Waals surface area contributed by atoms with Gasteiger partial charge in [-0.15, -0.1) is 4.37 Å². The van der Waals surface area contributed by atoms with Crippen LogP contribution < -0.4 is 4.18 Å². The third kappa shape index (κ3) is 2.20. The van der Waals surface area contributed by atoms with Crippen molar-refractivity contribution in [1.82, 2.24) is 9.36 Å². The Morgan fingerprint density at radius 2 is 2.50 bits per heavy atom. The van der Waals surface area contributed by atoms with E-state index in [1.807, 2.05) is 0 Å². The Kier molecular flexibility index (Phi) is 2.58. The number of hydrogen-bond donors (Lipinski definition) is 0. The second kappa shape index (κ2) is 3.27. The Morgan fingerprint density at radius 1 is 1.80 bits per heavy atom. The van der Waals surface area contributed by atoms with Crippen molar-refractivity contribution in [2.24, 2.45) is 0 Å². The van der Waals surface area contributed by atoms with Gasteiger partial charge in [0.25, 0.3) is 0 Å². The van der Waals surface area contributed by atoms with Crippen LogP contribution in [-0.2, 0) is 11.1 Å². The van der Waals surface area contributed by atoms with Gasteiger partial charge in [0.2, 0.25) is 15.5 Å². The zero-order valence-corrected chi connectivity index (χ0v) is 7.29. The van der Waals surface area contributed by atoms with Crippen molar-refractivity contribution < 1.29 is 8.39 Å². The van der Waals surface area contributed by atoms with Crippen LogP contribution in [0.4, 0.5) is 0 Å². The lowest BCUT2D eigenvalue weighted by Gasteiger charge is -1.89. The molecule has 10 heavy (non-hydrogen) atoms. The molecule has 1 rings (SSSR count). The molecule has 0 fully saturated rings. The van der Waals surface area contributed by atoms with E-state index in [1.54, 1.807) is 0 Å². The number of aromatic nitrogens is 2. The van der Waals surface area contributed by atoms with E-state index in [2.05, 4.69) is 13.5 Å². The third-order valence-corrected chi connectivity index (χ3v) is 1.74. The molecule has 1 aromatic rings. The summed E-state index contributed by atoms with van der Waals surface area (Å²) in [4.78, 5) is 3.61. The molecule has 0 saturated carbocycles. The minimum Gasteiger partial charge on any atom is -0.361 e. The molecule has 1 unspecified atom stereocenters. The SMILES string of the molecule is CS(=O)Oc1nsc(Cl)n1. The molecule has 4 nitrogen and oxygen atoms in total. The zero-order chi connectivity index (χ0) is 7.56. The van der Waals surface area contributed by atoms with Crippen LogP contribution in [0.3, 0.4) is 0 Å². The van der Waals surface area contributed by atoms with Crippen LogP contribution in [0.2, 0.25) is 4.47 Å². The first-order valence-electron chi connectivity index (χ1n) is 2.19. The second-order valence-electron chi connectivity index (χ2n) is 1.31. The van der Waals surface area contributed by atoms with Crippen molar-refractivity contribution in [3.05, 3.63) is 4.47 Å². The van der Waals surface area contributed by atoms with Gasteiger partial charge in [-0.1, -0.05) is 0 Å². The average molecular weight is 199 g/mol. The van der Waals surface area contributed by atoms with E-state index in [0.29, 0.717) is 0 Å². The molecule has 0 aromatic carbocycles. The molecule has 0 spiro atoms. The van der Waals surface area contributed by atoms with E-state index < -0.39 is 11.1 Å². The number of nitrogens with zero attached hydrogens (tertiary/aromatic N) is 2. The minimum absolute atomic E-state index is 0.0656. The molecule has 0 N–H and O–H groups in total. The third-order valence-electron chi connectivity index (χ3n) is 0.574. The lowest BCUT2D eigenvalue weighted by Crippen LogP contribution is -1.97. The summed E-state index contributed by atoms with van der Waals surface area (Å²) in [5.74, 6) is 0. The summed E-state index contributed by atoms with van der Waals surface area (Å²) in [7, 11) is 0. The van der Waals surface area contributed by atoms with Gasteiger partial charge in [0, 0.05) is 17.8 Å². The molecule has 0 radical (unpaired) electrons. The molecule has 0 aliphatic heterocycles. The molecular weight excluding hydrogens is 196 g/mol. The van der Waals surface area contributed by atoms with Gasteiger partial charge < -0.3 is 4.18 Å². The Labute approximate surface area is 69.0 Å². The fraction of sp³-hybridized carbons (Fsp3) is 0.333. The van der Waals surface area contributed by atoms with E-state index in [-0.39, 0.29) is 10.5 Å². The maximum atomic E-state index is 10.4. The van der Waals surface area contributed by atoms with Crippen LogP contribution in [0.25, 0.3) is 0 Å². The maximum absolute atomic E-state index is 10.4. The maximum Gasteiger partial charge on any atom is 0.344 e. The Balaban J connectivity index is 2.67. The van der Waals surface area contributed by atoms with Crippen molar-refractivity contribution >= 4 is 34.2 Å². The summed E-state index contributed by atoms with van der Waals surface area (Å²) in [6.07, 6.45) is 1.38. The van der Waals surface area contributed by atoms with Gasteiger partial charge in [0.15, 0.2) is 0 Å². The Bertz CT molecular complexity index is 250. The highest BCUT2D eigenvalue weighted by Crippen LogP contribution is 2.15. The normalized spacial score (nSPS) is 13.0. The topological polar surface area (TPSA) is 52.1 Å². The zero-order valence-electron chi connectivity index (χ0n) is 4.91. The monoisotopic (exact) mass is 198 g/mol. The molecule has 0 bridgehead atoms. The fourth-order valence-electron chi connectivity index (χ4n) is 0.332. The molecular formula is C3H3ClN2O2S2. The van der Waals surface area contributed by atoms with E-state index in [4.69, 9.17) is 11.6 Å². The van der Waals surface area contributed by atoms with Gasteiger partial charge in [0.1, 0.15) is 0 Å². The Morgan fingerprint density at radius 3 is 2.90 bits per heavy atom. The molecule has 0 aliphatic carbocycles. The second-order valence-corrected chi connectivity index (χ2v) is 3.62. The quantitative estimate of drug-likeness (QED) is 0.708. The fourth-order valence-corrected chi connectivity index (χ4v) is 1.19. The number of halogens is 1. The Hall–Kier alpha value is -0.200. The van der Waals surface area contributed by atoms with Crippen LogP contribution in [-0.4, -0.2) is 19.8 Å². The van der Waals surface area contributed by atoms with Crippen molar-refractivity contribution in [3.63, 3.8) is 0 Å². The molecule has 7 heteroatoms. The van der Waals surface area contributed by atoms with E-state index in [9.17, 15) is 4.21 Å². The summed E-state index contributed by atoms with van der Waals surface area (Å²) in [5, 5.41) is 0. The highest BCUT2D eigenvalue weighted by Gasteiger charge is 2.03. The molecule has 1 aromatic heterocycles. The van der Waals surface area contributed by atoms with Crippen LogP contribution in [0, 0.1) is 0 Å². The van der Waals surface area contributed by atoms with Gasteiger partial charge in [-0.25, -0.2) is 4.21 Å². The average Bonchev–Trinajstić information content (AvgIpc) is 2.13. The molecule has 1 heterocycles. The highest BCUT2D eigenvalue weighted by atomic mass is 35.5. The number of rotatable bonds is 2. The standard InChI is InChI=1S/C3H3ClN2O2S2/c1-10(7)8-3-5-2(4)9-6-3/h1H3. The molecule has 0 aliphatic rings. The van der Waals surface area contributed by atoms with Gasteiger partial charge in [-0.05, 0) is 11.6 Å². The van der Waals surface area contributed by atoms with E-state index in [0.717, 1.165) is 11.5 Å². The lowest BCUT2D eigenvalue weighted by atomic mass is 11.2. The molecule has 56 valence electrons. The van der Waals surface area contributed by atoms with Crippen LogP contribution in [0.1, 0.15) is 0 Å². The number of hydrogen-bond acceptors (Lipinski definition) is 5. The van der Waals surface area contributed by atoms with Crippen LogP contribution in [0.15, 0.2) is 0 Å². The summed E-state index contributed by atoms with van der Waals surface area (Å²) < 4.78 is 18.9. The van der Waals surface area contributed by atoms with Crippen molar-refractivity contribution in [2.45, 2.75) is 0 Å². The van der Waals surface area contributed by atoms with Gasteiger partial charge in [0.05, 0.1) is 0 Å². The summed E-state index contributed by atoms with van der Waals surface area (Å²) in [5.41, 5.74) is 0. The molecule has 0 amide bonds. The first-order valence-corrected chi connectivity index (χ1v) is 4.83. The van der Waals surface area contributed by atoms with Crippen molar-refractivity contribution in [2.75, 3.05) is 6.26 Å². The van der Waals surface area contributed by atoms with Crippen molar-refractivity contribution in [1.29, 1.82) is 0 Å². The van der Waals surface area contributed by atoms with Crippen LogP contribution in [0.5, 0.6) is 6.01 Å². The van der Waals surface area contributed by atoms with Gasteiger partial charge >= 0.3 is 6.01 Å². The summed E-state index contributed by atoms with van der Waals surface area (Å²) >= 11 is 5.02. The lowest BCUT2D eigenvalue weighted by molar-refractivity contribution is 0.539. The van der Waals surface area contributed by atoms with E-state index in [1.165, 1.54) is 6.26 Å². The summed E-state index contributed by atoms with van der Waals surface area (Å²) in [6, 6.07) is 0.0656. The smallest absolute Gasteiger partial charge is 0.344 e. The van der Waals surface area contributed by atoms with Gasteiger partial charge in [-0.3, -0.25) is 0 Å². The predicted octanol–water partition coefficient (Wildman–Crippen LogP) is 0.864.